The molecule has 1 aromatic carbocycles. The van der Waals surface area contributed by atoms with Gasteiger partial charge in [0.25, 0.3) is 5.91 Å². The van der Waals surface area contributed by atoms with Gasteiger partial charge < -0.3 is 4.90 Å². The van der Waals surface area contributed by atoms with Crippen molar-refractivity contribution in [3.63, 3.8) is 0 Å². The van der Waals surface area contributed by atoms with Gasteiger partial charge in [-0.15, -0.1) is 0 Å². The number of carbonyl (C=O) groups excluding carboxylic acids is 1. The summed E-state index contributed by atoms with van der Waals surface area (Å²) in [5.74, 6) is -0.0313. The van der Waals surface area contributed by atoms with Crippen molar-refractivity contribution in [2.45, 2.75) is 26.8 Å². The van der Waals surface area contributed by atoms with E-state index in [1.165, 1.54) is 0 Å². The fraction of sp³-hybridized carbons (Fsp3) is 0.308. The van der Waals surface area contributed by atoms with E-state index in [4.69, 9.17) is 0 Å². The molecule has 0 bridgehead atoms. The van der Waals surface area contributed by atoms with Crippen LogP contribution in [0.4, 0.5) is 5.69 Å². The Labute approximate surface area is 91.2 Å². The fourth-order valence-electron chi connectivity index (χ4n) is 1.39. The molecule has 1 rings (SSSR count). The molecular formula is C13H16NO. The lowest BCUT2D eigenvalue weighted by atomic mass is 10.2. The molecule has 2 nitrogen and oxygen atoms in total. The van der Waals surface area contributed by atoms with E-state index in [-0.39, 0.29) is 11.9 Å². The van der Waals surface area contributed by atoms with E-state index in [0.29, 0.717) is 5.57 Å². The number of amides is 1. The highest BCUT2D eigenvalue weighted by molar-refractivity contribution is 6.05. The van der Waals surface area contributed by atoms with E-state index >= 15 is 0 Å². The van der Waals surface area contributed by atoms with Crippen LogP contribution in [0.3, 0.4) is 0 Å². The van der Waals surface area contributed by atoms with Crippen molar-refractivity contribution in [1.82, 2.24) is 0 Å². The molecule has 0 aliphatic rings. The van der Waals surface area contributed by atoms with Gasteiger partial charge in [-0.3, -0.25) is 4.79 Å². The monoisotopic (exact) mass is 202 g/mol. The summed E-state index contributed by atoms with van der Waals surface area (Å²) >= 11 is 0. The topological polar surface area (TPSA) is 20.3 Å². The lowest BCUT2D eigenvalue weighted by Crippen LogP contribution is -2.37. The predicted molar refractivity (Wildman–Crippen MR) is 62.7 cm³/mol. The third-order valence-corrected chi connectivity index (χ3v) is 2.08. The Morgan fingerprint density at radius 2 is 1.93 bits per heavy atom. The van der Waals surface area contributed by atoms with E-state index in [2.05, 4.69) is 12.6 Å². The summed E-state index contributed by atoms with van der Waals surface area (Å²) in [6.07, 6.45) is 0. The number of hydrogen-bond donors (Lipinski definition) is 0. The zero-order chi connectivity index (χ0) is 11.4. The van der Waals surface area contributed by atoms with Crippen LogP contribution in [0.5, 0.6) is 0 Å². The van der Waals surface area contributed by atoms with Crippen molar-refractivity contribution in [2.24, 2.45) is 0 Å². The largest absolute Gasteiger partial charge is 0.306 e. The Morgan fingerprint density at radius 3 is 2.33 bits per heavy atom. The van der Waals surface area contributed by atoms with E-state index in [0.717, 1.165) is 5.69 Å². The summed E-state index contributed by atoms with van der Waals surface area (Å²) in [6.45, 7) is 9.38. The van der Waals surface area contributed by atoms with Crippen molar-refractivity contribution in [1.29, 1.82) is 0 Å². The van der Waals surface area contributed by atoms with Crippen molar-refractivity contribution in [3.05, 3.63) is 42.5 Å². The van der Waals surface area contributed by atoms with Gasteiger partial charge >= 0.3 is 0 Å². The molecule has 0 heterocycles. The van der Waals surface area contributed by atoms with E-state index < -0.39 is 0 Å². The molecule has 0 N–H and O–H groups in total. The average molecular weight is 202 g/mol. The summed E-state index contributed by atoms with van der Waals surface area (Å²) in [7, 11) is 0. The maximum Gasteiger partial charge on any atom is 0.253 e. The van der Waals surface area contributed by atoms with E-state index in [1.807, 2.05) is 26.0 Å². The third-order valence-electron chi connectivity index (χ3n) is 2.08. The average Bonchev–Trinajstić information content (AvgIpc) is 2.18. The number of hydrogen-bond acceptors (Lipinski definition) is 1. The third kappa shape index (κ3) is 2.69. The van der Waals surface area contributed by atoms with Crippen LogP contribution in [-0.4, -0.2) is 11.9 Å². The smallest absolute Gasteiger partial charge is 0.253 e. The number of rotatable bonds is 3. The van der Waals surface area contributed by atoms with Crippen LogP contribution in [0, 0.1) is 6.07 Å². The Kier molecular flexibility index (Phi) is 3.67. The minimum Gasteiger partial charge on any atom is -0.306 e. The number of anilines is 1. The molecule has 0 saturated carbocycles. The second-order valence-electron chi connectivity index (χ2n) is 3.81. The molecule has 0 fully saturated rings. The maximum absolute atomic E-state index is 11.9. The van der Waals surface area contributed by atoms with Crippen LogP contribution in [-0.2, 0) is 4.79 Å². The van der Waals surface area contributed by atoms with Gasteiger partial charge in [0.2, 0.25) is 0 Å². The summed E-state index contributed by atoms with van der Waals surface area (Å²) in [5.41, 5.74) is 1.44. The fourth-order valence-corrected chi connectivity index (χ4v) is 1.39. The summed E-state index contributed by atoms with van der Waals surface area (Å²) in [5, 5.41) is 0. The summed E-state index contributed by atoms with van der Waals surface area (Å²) in [6, 6.07) is 10.4. The van der Waals surface area contributed by atoms with Gasteiger partial charge in [0.05, 0.1) is 0 Å². The van der Waals surface area contributed by atoms with Crippen LogP contribution in [0.2, 0.25) is 0 Å². The first kappa shape index (κ1) is 11.5. The molecule has 15 heavy (non-hydrogen) atoms. The Morgan fingerprint density at radius 1 is 1.40 bits per heavy atom. The second kappa shape index (κ2) is 4.78. The minimum atomic E-state index is -0.0313. The molecular weight excluding hydrogens is 186 g/mol. The first-order valence-electron chi connectivity index (χ1n) is 4.99. The molecule has 0 aliphatic heterocycles. The standard InChI is InChI=1S/C13H16NO/c1-10(2)13(15)14(11(3)4)12-8-6-5-7-9-12/h6-9,11H,1H2,2-4H3. The Hall–Kier alpha value is -1.57. The molecule has 1 amide bonds. The van der Waals surface area contributed by atoms with Crippen LogP contribution in [0.25, 0.3) is 0 Å². The van der Waals surface area contributed by atoms with E-state index in [1.54, 1.807) is 24.0 Å². The highest BCUT2D eigenvalue weighted by atomic mass is 16.2. The summed E-state index contributed by atoms with van der Waals surface area (Å²) < 4.78 is 0. The molecule has 0 spiro atoms. The van der Waals surface area contributed by atoms with Crippen molar-refractivity contribution in [3.8, 4) is 0 Å². The van der Waals surface area contributed by atoms with Crippen LogP contribution in [0.1, 0.15) is 20.8 Å². The minimum absolute atomic E-state index is 0.0313. The van der Waals surface area contributed by atoms with E-state index in [9.17, 15) is 4.79 Å². The van der Waals surface area contributed by atoms with Crippen LogP contribution in [0.15, 0.2) is 36.4 Å². The normalized spacial score (nSPS) is 10.1. The Balaban J connectivity index is 3.04. The predicted octanol–water partition coefficient (Wildman–Crippen LogP) is 2.80. The van der Waals surface area contributed by atoms with Gasteiger partial charge in [-0.05, 0) is 39.0 Å². The molecule has 1 aromatic rings. The molecule has 1 radical (unpaired) electrons. The van der Waals surface area contributed by atoms with Crippen molar-refractivity contribution < 1.29 is 4.79 Å². The van der Waals surface area contributed by atoms with Crippen LogP contribution < -0.4 is 4.90 Å². The highest BCUT2D eigenvalue weighted by Gasteiger charge is 2.18. The highest BCUT2D eigenvalue weighted by Crippen LogP contribution is 2.18. The van der Waals surface area contributed by atoms with Gasteiger partial charge in [0.1, 0.15) is 0 Å². The SMILES string of the molecule is C=C(C)C(=O)N(c1cc[c]cc1)C(C)C. The first-order valence-corrected chi connectivity index (χ1v) is 4.99. The van der Waals surface area contributed by atoms with Gasteiger partial charge in [-0.2, -0.15) is 0 Å². The van der Waals surface area contributed by atoms with Gasteiger partial charge in [-0.25, -0.2) is 0 Å². The molecule has 0 atom stereocenters. The number of nitrogens with zero attached hydrogens (tertiary/aromatic N) is 1. The zero-order valence-electron chi connectivity index (χ0n) is 9.45. The maximum atomic E-state index is 11.9. The number of benzene rings is 1. The van der Waals surface area contributed by atoms with Gasteiger partial charge in [-0.1, -0.05) is 18.7 Å². The number of carbonyl (C=O) groups is 1. The molecule has 0 unspecified atom stereocenters. The zero-order valence-corrected chi connectivity index (χ0v) is 9.45. The van der Waals surface area contributed by atoms with Crippen molar-refractivity contribution >= 4 is 11.6 Å². The quantitative estimate of drug-likeness (QED) is 0.690. The van der Waals surface area contributed by atoms with Crippen molar-refractivity contribution in [2.75, 3.05) is 4.90 Å². The molecule has 0 saturated heterocycles. The summed E-state index contributed by atoms with van der Waals surface area (Å²) in [4.78, 5) is 13.6. The molecule has 0 aliphatic carbocycles. The molecule has 79 valence electrons. The van der Waals surface area contributed by atoms with Gasteiger partial charge in [0.15, 0.2) is 0 Å². The molecule has 2 heteroatoms. The van der Waals surface area contributed by atoms with Gasteiger partial charge in [0, 0.05) is 17.3 Å². The lowest BCUT2D eigenvalue weighted by Gasteiger charge is -2.26. The first-order chi connectivity index (χ1) is 7.04. The second-order valence-corrected chi connectivity index (χ2v) is 3.81. The molecule has 0 aromatic heterocycles. The lowest BCUT2D eigenvalue weighted by molar-refractivity contribution is -0.115. The Bertz CT molecular complexity index is 354. The van der Waals surface area contributed by atoms with Crippen LogP contribution >= 0.6 is 0 Å².